The summed E-state index contributed by atoms with van der Waals surface area (Å²) in [5, 5.41) is 12.2. The van der Waals surface area contributed by atoms with E-state index in [0.29, 0.717) is 0 Å². The van der Waals surface area contributed by atoms with Crippen molar-refractivity contribution in [1.82, 2.24) is 29.6 Å². The van der Waals surface area contributed by atoms with E-state index in [0.717, 1.165) is 33.7 Å². The van der Waals surface area contributed by atoms with Crippen LogP contribution in [0.15, 0.2) is 102 Å². The van der Waals surface area contributed by atoms with Crippen LogP contribution < -0.4 is 10.4 Å². The summed E-state index contributed by atoms with van der Waals surface area (Å²) in [7, 11) is 1.57. The van der Waals surface area contributed by atoms with Crippen molar-refractivity contribution >= 4 is 0 Å². The lowest BCUT2D eigenvalue weighted by Crippen LogP contribution is -2.27. The number of allylic oxidation sites excluding steroid dienone is 5. The molecular formula is C25H22N6O2. The molecule has 0 bridgehead atoms. The van der Waals surface area contributed by atoms with Gasteiger partial charge in [-0.2, -0.15) is 14.5 Å². The fourth-order valence-electron chi connectivity index (χ4n) is 3.67. The molecule has 2 heterocycles. The Labute approximate surface area is 190 Å². The topological polar surface area (TPSA) is 79.8 Å². The van der Waals surface area contributed by atoms with Gasteiger partial charge in [-0.1, -0.05) is 48.6 Å². The van der Waals surface area contributed by atoms with Gasteiger partial charge in [-0.3, -0.25) is 0 Å². The van der Waals surface area contributed by atoms with Gasteiger partial charge in [-0.25, -0.2) is 9.48 Å². The van der Waals surface area contributed by atoms with Crippen LogP contribution in [0, 0.1) is 6.92 Å². The van der Waals surface area contributed by atoms with Crippen LogP contribution in [0.2, 0.25) is 0 Å². The number of ether oxygens (including phenoxy) is 1. The van der Waals surface area contributed by atoms with Crippen molar-refractivity contribution in [2.24, 2.45) is 7.05 Å². The van der Waals surface area contributed by atoms with Crippen molar-refractivity contribution < 1.29 is 4.74 Å². The van der Waals surface area contributed by atoms with Gasteiger partial charge in [0.15, 0.2) is 0 Å². The van der Waals surface area contributed by atoms with Crippen LogP contribution in [0.4, 0.5) is 0 Å². The highest BCUT2D eigenvalue weighted by atomic mass is 16.5. The van der Waals surface area contributed by atoms with Crippen LogP contribution >= 0.6 is 0 Å². The second-order valence-electron chi connectivity index (χ2n) is 7.74. The summed E-state index contributed by atoms with van der Waals surface area (Å²) in [6, 6.07) is 15.6. The minimum Gasteiger partial charge on any atom is -0.464 e. The van der Waals surface area contributed by atoms with Gasteiger partial charge in [0.1, 0.15) is 11.8 Å². The number of hydrogen-bond donors (Lipinski definition) is 0. The molecule has 1 aliphatic rings. The smallest absolute Gasteiger partial charge is 0.364 e. The minimum absolute atomic E-state index is 0.289. The first-order chi connectivity index (χ1) is 16.1. The van der Waals surface area contributed by atoms with E-state index < -0.39 is 0 Å². The fourth-order valence-corrected chi connectivity index (χ4v) is 3.67. The summed E-state index contributed by atoms with van der Waals surface area (Å²) in [4.78, 5) is 12.3. The van der Waals surface area contributed by atoms with Crippen molar-refractivity contribution in [1.29, 1.82) is 0 Å². The lowest BCUT2D eigenvalue weighted by molar-refractivity contribution is 0.459. The van der Waals surface area contributed by atoms with Crippen molar-refractivity contribution in [3.05, 3.63) is 113 Å². The van der Waals surface area contributed by atoms with Crippen LogP contribution in [0.5, 0.6) is 5.75 Å². The molecular weight excluding hydrogens is 416 g/mol. The number of para-hydroxylation sites is 1. The highest BCUT2D eigenvalue weighted by molar-refractivity contribution is 5.64. The second-order valence-corrected chi connectivity index (χ2v) is 7.74. The van der Waals surface area contributed by atoms with E-state index in [1.165, 1.54) is 9.36 Å². The van der Waals surface area contributed by atoms with Gasteiger partial charge in [0.25, 0.3) is 0 Å². The molecule has 33 heavy (non-hydrogen) atoms. The van der Waals surface area contributed by atoms with E-state index in [1.807, 2.05) is 90.8 Å². The van der Waals surface area contributed by atoms with E-state index >= 15 is 0 Å². The Morgan fingerprint density at radius 3 is 2.64 bits per heavy atom. The molecule has 2 aromatic carbocycles. The Balaban J connectivity index is 1.37. The zero-order valence-corrected chi connectivity index (χ0v) is 18.2. The zero-order chi connectivity index (χ0) is 22.8. The molecule has 2 aromatic heterocycles. The normalized spacial score (nSPS) is 16.4. The quantitative estimate of drug-likeness (QED) is 0.443. The molecule has 0 spiro atoms. The maximum absolute atomic E-state index is 12.3. The number of benzene rings is 2. The second kappa shape index (κ2) is 8.58. The number of rotatable bonds is 5. The number of aromatic nitrogens is 6. The monoisotopic (exact) mass is 438 g/mol. The zero-order valence-electron chi connectivity index (χ0n) is 18.2. The first kappa shape index (κ1) is 20.4. The molecule has 0 fully saturated rings. The standard InChI is InChI=1S/C25H22N6O2/c1-18-14-19(21-15-26-30(16-21)22-9-4-3-5-10-22)12-13-24(18)33-17-20-8-6-7-11-23(20)31-25(32)29(2)27-28-31/h3-17,23H,1-2H3/b20-17-. The Hall–Kier alpha value is -4.46. The summed E-state index contributed by atoms with van der Waals surface area (Å²) < 4.78 is 10.4. The molecule has 4 aromatic rings. The number of tetrazole rings is 1. The third-order valence-corrected chi connectivity index (χ3v) is 5.48. The third-order valence-electron chi connectivity index (χ3n) is 5.48. The van der Waals surface area contributed by atoms with E-state index in [-0.39, 0.29) is 11.7 Å². The Morgan fingerprint density at radius 2 is 1.88 bits per heavy atom. The number of hydrogen-bond acceptors (Lipinski definition) is 5. The summed E-state index contributed by atoms with van der Waals surface area (Å²) in [5.74, 6) is 0.731. The molecule has 1 atom stereocenters. The van der Waals surface area contributed by atoms with E-state index in [1.54, 1.807) is 13.3 Å². The Morgan fingerprint density at radius 1 is 1.03 bits per heavy atom. The van der Waals surface area contributed by atoms with E-state index in [4.69, 9.17) is 4.74 Å². The van der Waals surface area contributed by atoms with E-state index in [9.17, 15) is 4.79 Å². The molecule has 1 unspecified atom stereocenters. The molecule has 8 heteroatoms. The average Bonchev–Trinajstić information content (AvgIpc) is 3.47. The van der Waals surface area contributed by atoms with Crippen molar-refractivity contribution in [2.45, 2.75) is 13.0 Å². The van der Waals surface area contributed by atoms with Crippen LogP contribution in [-0.2, 0) is 7.05 Å². The van der Waals surface area contributed by atoms with Crippen LogP contribution in [0.25, 0.3) is 16.8 Å². The lowest BCUT2D eigenvalue weighted by Gasteiger charge is -2.16. The molecule has 0 saturated heterocycles. The van der Waals surface area contributed by atoms with Gasteiger partial charge in [-0.05, 0) is 52.7 Å². The van der Waals surface area contributed by atoms with Gasteiger partial charge in [0, 0.05) is 24.4 Å². The van der Waals surface area contributed by atoms with Crippen LogP contribution in [-0.4, -0.2) is 29.6 Å². The molecule has 0 aliphatic heterocycles. The molecule has 0 radical (unpaired) electrons. The Bertz CT molecular complexity index is 1440. The first-order valence-electron chi connectivity index (χ1n) is 10.5. The van der Waals surface area contributed by atoms with Gasteiger partial charge >= 0.3 is 5.69 Å². The maximum atomic E-state index is 12.3. The van der Waals surface area contributed by atoms with Gasteiger partial charge in [0.2, 0.25) is 0 Å². The molecule has 164 valence electrons. The number of nitrogens with zero attached hydrogens (tertiary/aromatic N) is 6. The van der Waals surface area contributed by atoms with E-state index in [2.05, 4.69) is 21.6 Å². The van der Waals surface area contributed by atoms with Crippen molar-refractivity contribution in [2.75, 3.05) is 0 Å². The van der Waals surface area contributed by atoms with Gasteiger partial charge in [0.05, 0.1) is 18.1 Å². The highest BCUT2D eigenvalue weighted by Gasteiger charge is 2.19. The lowest BCUT2D eigenvalue weighted by atomic mass is 10.0. The first-order valence-corrected chi connectivity index (χ1v) is 10.5. The van der Waals surface area contributed by atoms with Crippen molar-refractivity contribution in [3.8, 4) is 22.6 Å². The van der Waals surface area contributed by atoms with Crippen molar-refractivity contribution in [3.63, 3.8) is 0 Å². The highest BCUT2D eigenvalue weighted by Crippen LogP contribution is 2.28. The molecule has 0 N–H and O–H groups in total. The largest absolute Gasteiger partial charge is 0.464 e. The molecule has 0 amide bonds. The van der Waals surface area contributed by atoms with Crippen LogP contribution in [0.3, 0.4) is 0 Å². The summed E-state index contributed by atoms with van der Waals surface area (Å²) >= 11 is 0. The van der Waals surface area contributed by atoms with Gasteiger partial charge < -0.3 is 4.74 Å². The number of aryl methyl sites for hydroxylation is 2. The summed E-state index contributed by atoms with van der Waals surface area (Å²) in [5.41, 5.74) is 4.59. The minimum atomic E-state index is -0.375. The third kappa shape index (κ3) is 4.06. The molecule has 1 aliphatic carbocycles. The Kier molecular flexibility index (Phi) is 5.32. The predicted molar refractivity (Wildman–Crippen MR) is 125 cm³/mol. The molecule has 8 nitrogen and oxygen atoms in total. The summed E-state index contributed by atoms with van der Waals surface area (Å²) in [6.45, 7) is 2.00. The predicted octanol–water partition coefficient (Wildman–Crippen LogP) is 3.77. The van der Waals surface area contributed by atoms with Crippen LogP contribution in [0.1, 0.15) is 11.6 Å². The van der Waals surface area contributed by atoms with Gasteiger partial charge in [-0.15, -0.1) is 0 Å². The SMILES string of the molecule is Cc1cc(-c2cnn(-c3ccccc3)c2)ccc1O/C=C1/C=CC=CC1n1nnn(C)c1=O. The fraction of sp³-hybridized carbons (Fsp3) is 0.120. The maximum Gasteiger partial charge on any atom is 0.364 e. The summed E-state index contributed by atoms with van der Waals surface area (Å²) in [6.07, 6.45) is 13.1. The average molecular weight is 438 g/mol. The molecule has 0 saturated carbocycles. The molecule has 5 rings (SSSR count).